The fourth-order valence-electron chi connectivity index (χ4n) is 1.11. The second kappa shape index (κ2) is 5.75. The first kappa shape index (κ1) is 12.8. The van der Waals surface area contributed by atoms with Crippen LogP contribution >= 0.6 is 11.6 Å². The van der Waals surface area contributed by atoms with Gasteiger partial charge in [0.2, 0.25) is 0 Å². The molecule has 88 valence electrons. The summed E-state index contributed by atoms with van der Waals surface area (Å²) in [5, 5.41) is 0.478. The molecule has 0 aliphatic carbocycles. The van der Waals surface area contributed by atoms with E-state index >= 15 is 0 Å². The summed E-state index contributed by atoms with van der Waals surface area (Å²) in [5.74, 6) is 0.0901. The normalized spacial score (nSPS) is 12.3. The smallest absolute Gasteiger partial charge is 0.347 e. The van der Waals surface area contributed by atoms with E-state index in [0.29, 0.717) is 10.8 Å². The summed E-state index contributed by atoms with van der Waals surface area (Å²) >= 11 is 5.90. The summed E-state index contributed by atoms with van der Waals surface area (Å²) in [6.07, 6.45) is -0.813. The summed E-state index contributed by atoms with van der Waals surface area (Å²) in [4.78, 5) is 11.5. The molecule has 0 aliphatic rings. The molecule has 1 rings (SSSR count). The Bertz CT molecular complexity index is 363. The minimum atomic E-state index is -0.665. The van der Waals surface area contributed by atoms with E-state index in [1.165, 1.54) is 0 Å². The Morgan fingerprint density at radius 1 is 1.25 bits per heavy atom. The van der Waals surface area contributed by atoms with Gasteiger partial charge >= 0.3 is 5.97 Å². The van der Waals surface area contributed by atoms with Crippen molar-refractivity contribution in [3.05, 3.63) is 29.3 Å². The Morgan fingerprint density at radius 2 is 1.88 bits per heavy atom. The summed E-state index contributed by atoms with van der Waals surface area (Å²) in [5.41, 5.74) is 0. The molecule has 0 spiro atoms. The van der Waals surface area contributed by atoms with Crippen LogP contribution in [0, 0.1) is 0 Å². The average Bonchev–Trinajstić information content (AvgIpc) is 2.20. The standard InChI is InChI=1S/C12H15ClO3/c1-8(2)15-12(14)9(3)16-11-7-5-4-6-10(11)13/h4-9H,1-3H3. The van der Waals surface area contributed by atoms with E-state index in [-0.39, 0.29) is 6.10 Å². The third-order valence-electron chi connectivity index (χ3n) is 1.82. The number of hydrogen-bond acceptors (Lipinski definition) is 3. The lowest BCUT2D eigenvalue weighted by atomic mass is 10.3. The molecule has 0 bridgehead atoms. The van der Waals surface area contributed by atoms with Crippen LogP contribution in [0.5, 0.6) is 5.75 Å². The highest BCUT2D eigenvalue weighted by molar-refractivity contribution is 6.32. The van der Waals surface area contributed by atoms with Gasteiger partial charge in [-0.25, -0.2) is 4.79 Å². The Labute approximate surface area is 100 Å². The maximum atomic E-state index is 11.5. The Kier molecular flexibility index (Phi) is 4.62. The van der Waals surface area contributed by atoms with Crippen molar-refractivity contribution in [3.8, 4) is 5.75 Å². The molecule has 16 heavy (non-hydrogen) atoms. The first-order valence-corrected chi connectivity index (χ1v) is 5.50. The van der Waals surface area contributed by atoms with Crippen molar-refractivity contribution in [2.45, 2.75) is 33.0 Å². The molecule has 1 aromatic rings. The van der Waals surface area contributed by atoms with E-state index in [4.69, 9.17) is 21.1 Å². The zero-order valence-electron chi connectivity index (χ0n) is 9.57. The number of hydrogen-bond donors (Lipinski definition) is 0. The molecular formula is C12H15ClO3. The third-order valence-corrected chi connectivity index (χ3v) is 2.14. The first-order valence-electron chi connectivity index (χ1n) is 5.12. The van der Waals surface area contributed by atoms with Crippen LogP contribution in [0.1, 0.15) is 20.8 Å². The summed E-state index contributed by atoms with van der Waals surface area (Å²) < 4.78 is 10.4. The van der Waals surface area contributed by atoms with Crippen molar-refractivity contribution in [3.63, 3.8) is 0 Å². The first-order chi connectivity index (χ1) is 7.50. The van der Waals surface area contributed by atoms with Crippen LogP contribution in [0.3, 0.4) is 0 Å². The third kappa shape index (κ3) is 3.74. The van der Waals surface area contributed by atoms with E-state index in [2.05, 4.69) is 0 Å². The molecule has 0 aromatic heterocycles. The van der Waals surface area contributed by atoms with E-state index < -0.39 is 12.1 Å². The molecule has 4 heteroatoms. The molecule has 1 unspecified atom stereocenters. The van der Waals surface area contributed by atoms with Gasteiger partial charge in [0.1, 0.15) is 5.75 Å². The number of ether oxygens (including phenoxy) is 2. The number of rotatable bonds is 4. The number of para-hydroxylation sites is 1. The van der Waals surface area contributed by atoms with Crippen molar-refractivity contribution in [2.75, 3.05) is 0 Å². The molecule has 0 N–H and O–H groups in total. The quantitative estimate of drug-likeness (QED) is 0.762. The largest absolute Gasteiger partial charge is 0.477 e. The van der Waals surface area contributed by atoms with Gasteiger partial charge in [-0.1, -0.05) is 23.7 Å². The van der Waals surface area contributed by atoms with Gasteiger partial charge in [-0.2, -0.15) is 0 Å². The van der Waals surface area contributed by atoms with Crippen molar-refractivity contribution in [1.82, 2.24) is 0 Å². The predicted molar refractivity (Wildman–Crippen MR) is 62.8 cm³/mol. The van der Waals surface area contributed by atoms with Crippen molar-refractivity contribution in [2.24, 2.45) is 0 Å². The van der Waals surface area contributed by atoms with E-state index in [1.807, 2.05) is 0 Å². The topological polar surface area (TPSA) is 35.5 Å². The maximum absolute atomic E-state index is 11.5. The highest BCUT2D eigenvalue weighted by Crippen LogP contribution is 2.24. The van der Waals surface area contributed by atoms with Gasteiger partial charge < -0.3 is 9.47 Å². The monoisotopic (exact) mass is 242 g/mol. The summed E-state index contributed by atoms with van der Waals surface area (Å²) in [6, 6.07) is 7.01. The zero-order valence-corrected chi connectivity index (χ0v) is 10.3. The van der Waals surface area contributed by atoms with Gasteiger partial charge in [0, 0.05) is 0 Å². The van der Waals surface area contributed by atoms with E-state index in [1.54, 1.807) is 45.0 Å². The number of carbonyl (C=O) groups is 1. The average molecular weight is 243 g/mol. The molecule has 0 amide bonds. The maximum Gasteiger partial charge on any atom is 0.347 e. The number of halogens is 1. The summed E-state index contributed by atoms with van der Waals surface area (Å²) in [6.45, 7) is 5.22. The molecule has 0 radical (unpaired) electrons. The van der Waals surface area contributed by atoms with Crippen LogP contribution in [0.25, 0.3) is 0 Å². The van der Waals surface area contributed by atoms with Crippen LogP contribution in [0.2, 0.25) is 5.02 Å². The molecule has 0 aliphatic heterocycles. The molecule has 3 nitrogen and oxygen atoms in total. The van der Waals surface area contributed by atoms with Crippen LogP contribution in [0.4, 0.5) is 0 Å². The van der Waals surface area contributed by atoms with Gasteiger partial charge in [0.05, 0.1) is 11.1 Å². The molecule has 0 saturated heterocycles. The fraction of sp³-hybridized carbons (Fsp3) is 0.417. The lowest BCUT2D eigenvalue weighted by Crippen LogP contribution is -2.28. The second-order valence-corrected chi connectivity index (χ2v) is 4.08. The predicted octanol–water partition coefficient (Wildman–Crippen LogP) is 3.06. The minimum Gasteiger partial charge on any atom is -0.477 e. The molecule has 1 aromatic carbocycles. The molecular weight excluding hydrogens is 228 g/mol. The molecule has 1 atom stereocenters. The molecule has 0 heterocycles. The van der Waals surface area contributed by atoms with Crippen molar-refractivity contribution in [1.29, 1.82) is 0 Å². The number of carbonyl (C=O) groups excluding carboxylic acids is 1. The number of benzene rings is 1. The lowest BCUT2D eigenvalue weighted by molar-refractivity contribution is -0.154. The Hall–Kier alpha value is -1.22. The SMILES string of the molecule is CC(C)OC(=O)C(C)Oc1ccccc1Cl. The van der Waals surface area contributed by atoms with Gasteiger partial charge in [0.25, 0.3) is 0 Å². The van der Waals surface area contributed by atoms with E-state index in [9.17, 15) is 4.79 Å². The second-order valence-electron chi connectivity index (χ2n) is 3.68. The van der Waals surface area contributed by atoms with Gasteiger partial charge in [-0.05, 0) is 32.9 Å². The van der Waals surface area contributed by atoms with Gasteiger partial charge in [-0.3, -0.25) is 0 Å². The van der Waals surface area contributed by atoms with Crippen LogP contribution in [0.15, 0.2) is 24.3 Å². The van der Waals surface area contributed by atoms with Crippen LogP contribution < -0.4 is 4.74 Å². The van der Waals surface area contributed by atoms with Crippen molar-refractivity contribution < 1.29 is 14.3 Å². The van der Waals surface area contributed by atoms with Crippen LogP contribution in [-0.2, 0) is 9.53 Å². The molecule has 0 fully saturated rings. The zero-order chi connectivity index (χ0) is 12.1. The molecule has 0 saturated carbocycles. The number of esters is 1. The van der Waals surface area contributed by atoms with E-state index in [0.717, 1.165) is 0 Å². The lowest BCUT2D eigenvalue weighted by Gasteiger charge is -2.16. The fourth-order valence-corrected chi connectivity index (χ4v) is 1.29. The Balaban J connectivity index is 2.61. The minimum absolute atomic E-state index is 0.148. The van der Waals surface area contributed by atoms with Gasteiger partial charge in [-0.15, -0.1) is 0 Å². The highest BCUT2D eigenvalue weighted by Gasteiger charge is 2.18. The van der Waals surface area contributed by atoms with Gasteiger partial charge in [0.15, 0.2) is 6.10 Å². The van der Waals surface area contributed by atoms with Crippen LogP contribution in [-0.4, -0.2) is 18.2 Å². The summed E-state index contributed by atoms with van der Waals surface area (Å²) in [7, 11) is 0. The van der Waals surface area contributed by atoms with Crippen molar-refractivity contribution >= 4 is 17.6 Å². The Morgan fingerprint density at radius 3 is 2.44 bits per heavy atom. The highest BCUT2D eigenvalue weighted by atomic mass is 35.5.